The molecule has 22 heteroatoms. The van der Waals surface area contributed by atoms with Crippen LogP contribution >= 0.6 is 0 Å². The molecule has 2 aromatic carbocycles. The van der Waals surface area contributed by atoms with Gasteiger partial charge in [-0.15, -0.1) is 0 Å². The average molecular weight is 1020 g/mol. The van der Waals surface area contributed by atoms with Crippen LogP contribution in [0.15, 0.2) is 53.3 Å². The van der Waals surface area contributed by atoms with Crippen molar-refractivity contribution in [1.29, 1.82) is 0 Å². The number of alkyl carbamates (subject to hydrolysis) is 1. The van der Waals surface area contributed by atoms with Gasteiger partial charge in [-0.25, -0.2) is 24.2 Å². The number of benzene rings is 2. The molecular formula is C52H65N9O13. The van der Waals surface area contributed by atoms with E-state index < -0.39 is 59.6 Å². The summed E-state index contributed by atoms with van der Waals surface area (Å²) in [5, 5.41) is 25.2. The van der Waals surface area contributed by atoms with E-state index in [0.29, 0.717) is 34.6 Å². The van der Waals surface area contributed by atoms with E-state index in [0.717, 1.165) is 16.5 Å². The molecule has 0 saturated carbocycles. The summed E-state index contributed by atoms with van der Waals surface area (Å²) in [6, 6.07) is 10.3. The average Bonchev–Trinajstić information content (AvgIpc) is 3.73. The van der Waals surface area contributed by atoms with Crippen LogP contribution in [0.1, 0.15) is 101 Å². The maximum atomic E-state index is 13.7. The van der Waals surface area contributed by atoms with Crippen molar-refractivity contribution in [2.45, 2.75) is 118 Å². The largest absolute Gasteiger partial charge is 0.458 e. The Morgan fingerprint density at radius 2 is 1.65 bits per heavy atom. The SMILES string of the molecule is CCc1c2c(nc3ccc(OC(=O)N(C)CCNC(=O)OCc4ccc(NC(=O)[C@H](CCCNC(N)=O)NC(=O)[C@@H](NC(=O)CCC(=O)C(C)C)C(C)C)cc4)cc13)-c1cc3c(c(=O)n1C2)COC(=O)[C@]3(O)CC. The monoisotopic (exact) mass is 1020 g/mol. The van der Waals surface area contributed by atoms with Gasteiger partial charge in [0.05, 0.1) is 29.0 Å². The first-order valence-corrected chi connectivity index (χ1v) is 24.7. The number of carbonyl (C=O) groups is 8. The van der Waals surface area contributed by atoms with Crippen LogP contribution in [0.25, 0.3) is 22.3 Å². The number of anilines is 1. The lowest BCUT2D eigenvalue weighted by molar-refractivity contribution is -0.172. The molecule has 2 aliphatic heterocycles. The van der Waals surface area contributed by atoms with Crippen LogP contribution < -0.4 is 42.6 Å². The van der Waals surface area contributed by atoms with E-state index in [1.54, 1.807) is 87.7 Å². The van der Waals surface area contributed by atoms with Gasteiger partial charge < -0.3 is 61.1 Å². The molecule has 0 saturated heterocycles. The first-order chi connectivity index (χ1) is 35.1. The van der Waals surface area contributed by atoms with Crippen molar-refractivity contribution >= 4 is 64.3 Å². The van der Waals surface area contributed by atoms with E-state index in [-0.39, 0.29) is 112 Å². The fourth-order valence-corrected chi connectivity index (χ4v) is 8.67. The van der Waals surface area contributed by atoms with Gasteiger partial charge in [-0.2, -0.15) is 0 Å². The number of hydrogen-bond donors (Lipinski definition) is 7. The number of primary amides is 1. The lowest BCUT2D eigenvalue weighted by Gasteiger charge is -2.31. The highest BCUT2D eigenvalue weighted by Gasteiger charge is 2.45. The number of ketones is 1. The molecule has 6 rings (SSSR count). The standard InChI is InChI=1S/C52H65N9O13/c1-8-33-34-23-32(16-17-38(34)57-44-35(33)25-61-40(44)24-37-36(47(61)66)27-72-48(67)52(37,71)9-2)74-51(70)60(7)22-21-55-50(69)73-26-30-12-14-31(15-13-30)56-45(64)39(11-10-20-54-49(53)68)58-46(65)43(29(5)6)59-42(63)19-18-41(62)28(3)4/h12-17,23-24,28-29,39,43,71H,8-11,18-22,25-27H2,1-7H3,(H,55,69)(H,56,64)(H,58,65)(H,59,63)(H3,53,54,68)/t39-,43-,52-/m0/s1. The molecule has 2 aromatic heterocycles. The Hall–Kier alpha value is -7.88. The summed E-state index contributed by atoms with van der Waals surface area (Å²) in [4.78, 5) is 121. The summed E-state index contributed by atoms with van der Waals surface area (Å²) in [5.74, 6) is -2.84. The third-order valence-corrected chi connectivity index (χ3v) is 13.1. The number of urea groups is 1. The molecule has 0 fully saturated rings. The van der Waals surface area contributed by atoms with Gasteiger partial charge in [0.15, 0.2) is 5.60 Å². The van der Waals surface area contributed by atoms with Crippen molar-refractivity contribution in [3.63, 3.8) is 0 Å². The third kappa shape index (κ3) is 13.0. The number of cyclic esters (lactones) is 1. The second-order valence-electron chi connectivity index (χ2n) is 18.9. The van der Waals surface area contributed by atoms with E-state index in [9.17, 15) is 48.3 Å². The quantitative estimate of drug-likeness (QED) is 0.0381. The smallest absolute Gasteiger partial charge is 0.415 e. The minimum Gasteiger partial charge on any atom is -0.458 e. The molecule has 8 N–H and O–H groups in total. The highest BCUT2D eigenvalue weighted by molar-refractivity contribution is 5.99. The zero-order valence-electron chi connectivity index (χ0n) is 42.7. The molecule has 4 aromatic rings. The molecule has 0 radical (unpaired) electrons. The van der Waals surface area contributed by atoms with Gasteiger partial charge in [-0.05, 0) is 79.1 Å². The van der Waals surface area contributed by atoms with Crippen molar-refractivity contribution in [1.82, 2.24) is 35.7 Å². The lowest BCUT2D eigenvalue weighted by atomic mass is 9.86. The minimum atomic E-state index is -1.95. The first kappa shape index (κ1) is 55.4. The molecule has 2 aliphatic rings. The predicted molar refractivity (Wildman–Crippen MR) is 270 cm³/mol. The number of aryl methyl sites for hydroxylation is 1. The number of nitrogens with one attached hydrogen (secondary N) is 5. The fraction of sp³-hybridized carbons (Fsp3) is 0.462. The maximum absolute atomic E-state index is 13.7. The number of likely N-dealkylation sites (N-methyl/N-ethyl adjacent to an activating group) is 1. The number of ether oxygens (including phenoxy) is 3. The van der Waals surface area contributed by atoms with Crippen molar-refractivity contribution < 1.29 is 57.7 Å². The van der Waals surface area contributed by atoms with Gasteiger partial charge in [0, 0.05) is 67.6 Å². The molecule has 4 heterocycles. The number of hydrogen-bond acceptors (Lipinski definition) is 14. The number of rotatable bonds is 22. The summed E-state index contributed by atoms with van der Waals surface area (Å²) in [6.07, 6.45) is -0.498. The summed E-state index contributed by atoms with van der Waals surface area (Å²) in [5.41, 5.74) is 7.63. The van der Waals surface area contributed by atoms with Crippen LogP contribution in [0.4, 0.5) is 20.1 Å². The van der Waals surface area contributed by atoms with E-state index in [4.69, 9.17) is 24.9 Å². The maximum Gasteiger partial charge on any atom is 0.415 e. The molecular weight excluding hydrogens is 959 g/mol. The molecule has 0 aliphatic carbocycles. The summed E-state index contributed by atoms with van der Waals surface area (Å²) in [7, 11) is 1.51. The Bertz CT molecular complexity index is 2880. The van der Waals surface area contributed by atoms with Crippen LogP contribution in [0.3, 0.4) is 0 Å². The Morgan fingerprint density at radius 3 is 2.31 bits per heavy atom. The summed E-state index contributed by atoms with van der Waals surface area (Å²) < 4.78 is 17.8. The van der Waals surface area contributed by atoms with Crippen LogP contribution in [0.2, 0.25) is 0 Å². The zero-order chi connectivity index (χ0) is 54.0. The topological polar surface area (TPSA) is 309 Å². The summed E-state index contributed by atoms with van der Waals surface area (Å²) in [6.45, 7) is 10.7. The van der Waals surface area contributed by atoms with Gasteiger partial charge >= 0.3 is 24.2 Å². The molecule has 396 valence electrons. The third-order valence-electron chi connectivity index (χ3n) is 13.1. The Morgan fingerprint density at radius 1 is 0.919 bits per heavy atom. The van der Waals surface area contributed by atoms with E-state index in [2.05, 4.69) is 26.6 Å². The second kappa shape index (κ2) is 24.2. The number of fused-ring (bicyclic) bond motifs is 5. The van der Waals surface area contributed by atoms with Crippen molar-refractivity contribution in [3.05, 3.63) is 86.7 Å². The summed E-state index contributed by atoms with van der Waals surface area (Å²) >= 11 is 0. The first-order valence-electron chi connectivity index (χ1n) is 24.7. The number of Topliss-reactive ketones (excluding diaryl/α,β-unsaturated/α-hetero) is 1. The predicted octanol–water partition coefficient (Wildman–Crippen LogP) is 4.02. The number of amides is 7. The number of esters is 1. The van der Waals surface area contributed by atoms with E-state index >= 15 is 0 Å². The fourth-order valence-electron chi connectivity index (χ4n) is 8.67. The molecule has 74 heavy (non-hydrogen) atoms. The molecule has 0 bridgehead atoms. The van der Waals surface area contributed by atoms with Crippen LogP contribution in [-0.4, -0.2) is 106 Å². The number of pyridine rings is 2. The number of carbonyl (C=O) groups excluding carboxylic acids is 8. The number of nitrogens with two attached hydrogens (primary N) is 1. The van der Waals surface area contributed by atoms with E-state index in [1.165, 1.54) is 11.9 Å². The number of aliphatic hydroxyl groups is 1. The normalized spacial score (nSPS) is 15.2. The van der Waals surface area contributed by atoms with Gasteiger partial charge in [-0.1, -0.05) is 53.7 Å². The van der Waals surface area contributed by atoms with Crippen molar-refractivity contribution in [2.24, 2.45) is 17.6 Å². The minimum absolute atomic E-state index is 0.0274. The second-order valence-corrected chi connectivity index (χ2v) is 18.9. The Labute approximate surface area is 427 Å². The highest BCUT2D eigenvalue weighted by Crippen LogP contribution is 2.41. The Balaban J connectivity index is 0.985. The van der Waals surface area contributed by atoms with Crippen molar-refractivity contribution in [3.8, 4) is 17.1 Å². The molecule has 0 spiro atoms. The zero-order valence-corrected chi connectivity index (χ0v) is 42.7. The number of nitrogens with zero attached hydrogens (tertiary/aromatic N) is 3. The van der Waals surface area contributed by atoms with Gasteiger partial charge in [0.2, 0.25) is 17.7 Å². The van der Waals surface area contributed by atoms with Crippen molar-refractivity contribution in [2.75, 3.05) is 32.0 Å². The molecule has 7 amide bonds. The van der Waals surface area contributed by atoms with Crippen LogP contribution in [-0.2, 0) is 65.2 Å². The highest BCUT2D eigenvalue weighted by atomic mass is 16.6. The lowest BCUT2D eigenvalue weighted by Crippen LogP contribution is -2.54. The van der Waals surface area contributed by atoms with E-state index in [1.807, 2.05) is 6.92 Å². The number of aromatic nitrogens is 2. The molecule has 0 unspecified atom stereocenters. The van der Waals surface area contributed by atoms with Crippen LogP contribution in [0.5, 0.6) is 5.75 Å². The van der Waals surface area contributed by atoms with Crippen LogP contribution in [0, 0.1) is 11.8 Å². The van der Waals surface area contributed by atoms with Gasteiger partial charge in [0.25, 0.3) is 5.56 Å². The molecule has 22 nitrogen and oxygen atoms in total. The van der Waals surface area contributed by atoms with Gasteiger partial charge in [-0.3, -0.25) is 24.0 Å². The molecule has 3 atom stereocenters. The van der Waals surface area contributed by atoms with Gasteiger partial charge in [0.1, 0.15) is 36.8 Å². The Kier molecular flexibility index (Phi) is 18.2.